The molecule has 1 saturated carbocycles. The third kappa shape index (κ3) is 4.29. The Hall–Kier alpha value is -0.303. The number of rotatable bonds is 4. The van der Waals surface area contributed by atoms with E-state index in [1.54, 1.807) is 0 Å². The van der Waals surface area contributed by atoms with Crippen molar-refractivity contribution in [2.45, 2.75) is 64.2 Å². The lowest BCUT2D eigenvalue weighted by atomic mass is 9.84. The average molecular weight is 236 g/mol. The van der Waals surface area contributed by atoms with Crippen LogP contribution in [0, 0.1) is 5.92 Å². The van der Waals surface area contributed by atoms with Crippen LogP contribution in [0.2, 0.25) is 25.2 Å². The SMILES string of the molecule is C=C(/C=C/C(C)[Si](C)(C)C)C1CCCCC1. The second kappa shape index (κ2) is 5.86. The van der Waals surface area contributed by atoms with Gasteiger partial charge in [0, 0.05) is 0 Å². The molecule has 1 rings (SSSR count). The molecule has 16 heavy (non-hydrogen) atoms. The van der Waals surface area contributed by atoms with E-state index < -0.39 is 8.07 Å². The summed E-state index contributed by atoms with van der Waals surface area (Å²) < 4.78 is 0. The molecule has 1 fully saturated rings. The molecule has 0 spiro atoms. The number of hydrogen-bond acceptors (Lipinski definition) is 0. The lowest BCUT2D eigenvalue weighted by Gasteiger charge is -2.24. The normalized spacial score (nSPS) is 21.2. The molecular formula is C15H28Si. The van der Waals surface area contributed by atoms with Crippen molar-refractivity contribution in [3.63, 3.8) is 0 Å². The van der Waals surface area contributed by atoms with Gasteiger partial charge in [-0.2, -0.15) is 0 Å². The first-order valence-corrected chi connectivity index (χ1v) is 10.4. The lowest BCUT2D eigenvalue weighted by Crippen LogP contribution is -2.24. The zero-order chi connectivity index (χ0) is 12.2. The van der Waals surface area contributed by atoms with Crippen molar-refractivity contribution in [2.75, 3.05) is 0 Å². The van der Waals surface area contributed by atoms with Gasteiger partial charge in [-0.1, -0.05) is 70.1 Å². The fourth-order valence-electron chi connectivity index (χ4n) is 2.17. The van der Waals surface area contributed by atoms with Crippen LogP contribution in [0.15, 0.2) is 24.3 Å². The highest BCUT2D eigenvalue weighted by Gasteiger charge is 2.20. The molecule has 92 valence electrons. The van der Waals surface area contributed by atoms with Crippen molar-refractivity contribution in [2.24, 2.45) is 5.92 Å². The molecule has 1 aliphatic carbocycles. The van der Waals surface area contributed by atoms with Gasteiger partial charge in [-0.15, -0.1) is 0 Å². The first-order chi connectivity index (χ1) is 7.41. The van der Waals surface area contributed by atoms with Gasteiger partial charge in [-0.25, -0.2) is 0 Å². The van der Waals surface area contributed by atoms with Gasteiger partial charge in [0.05, 0.1) is 8.07 Å². The second-order valence-corrected chi connectivity index (χ2v) is 12.1. The molecule has 1 unspecified atom stereocenters. The Morgan fingerprint density at radius 2 is 1.75 bits per heavy atom. The van der Waals surface area contributed by atoms with E-state index in [-0.39, 0.29) is 0 Å². The third-order valence-corrected chi connectivity index (χ3v) is 7.02. The molecule has 1 heteroatoms. The molecule has 0 aromatic carbocycles. The highest BCUT2D eigenvalue weighted by atomic mass is 28.3. The first kappa shape index (κ1) is 13.8. The van der Waals surface area contributed by atoms with Crippen molar-refractivity contribution in [1.29, 1.82) is 0 Å². The zero-order valence-electron chi connectivity index (χ0n) is 11.6. The summed E-state index contributed by atoms with van der Waals surface area (Å²) in [6.45, 7) is 13.9. The quantitative estimate of drug-likeness (QED) is 0.452. The zero-order valence-corrected chi connectivity index (χ0v) is 12.6. The van der Waals surface area contributed by atoms with E-state index in [0.717, 1.165) is 11.5 Å². The van der Waals surface area contributed by atoms with Gasteiger partial charge >= 0.3 is 0 Å². The highest BCUT2D eigenvalue weighted by molar-refractivity contribution is 6.77. The van der Waals surface area contributed by atoms with E-state index in [1.165, 1.54) is 37.7 Å². The monoisotopic (exact) mass is 236 g/mol. The Labute approximate surface area is 103 Å². The van der Waals surface area contributed by atoms with Gasteiger partial charge in [-0.05, 0) is 24.3 Å². The largest absolute Gasteiger partial charge is 0.0956 e. The Kier molecular flexibility index (Phi) is 5.04. The van der Waals surface area contributed by atoms with Crippen molar-refractivity contribution in [3.05, 3.63) is 24.3 Å². The van der Waals surface area contributed by atoms with Gasteiger partial charge in [0.25, 0.3) is 0 Å². The molecular weight excluding hydrogens is 208 g/mol. The molecule has 0 bridgehead atoms. The summed E-state index contributed by atoms with van der Waals surface area (Å²) in [5, 5.41) is 0. The minimum absolute atomic E-state index is 0.757. The van der Waals surface area contributed by atoms with Crippen LogP contribution >= 0.6 is 0 Å². The fourth-order valence-corrected chi connectivity index (χ4v) is 2.84. The molecule has 0 amide bonds. The maximum atomic E-state index is 4.26. The highest BCUT2D eigenvalue weighted by Crippen LogP contribution is 2.30. The van der Waals surface area contributed by atoms with Crippen LogP contribution in [0.4, 0.5) is 0 Å². The van der Waals surface area contributed by atoms with E-state index in [2.05, 4.69) is 45.3 Å². The third-order valence-electron chi connectivity index (χ3n) is 4.09. The Bertz CT molecular complexity index is 251. The minimum Gasteiger partial charge on any atom is -0.0956 e. The van der Waals surface area contributed by atoms with Gasteiger partial charge in [0.1, 0.15) is 0 Å². The standard InChI is InChI=1S/C15H28Si/c1-13(15-9-7-6-8-10-15)11-12-14(2)16(3,4)5/h11-12,14-15H,1,6-10H2,2-5H3/b12-11+. The second-order valence-electron chi connectivity index (χ2n) is 6.42. The number of hydrogen-bond donors (Lipinski definition) is 0. The lowest BCUT2D eigenvalue weighted by molar-refractivity contribution is 0.409. The average Bonchev–Trinajstić information content (AvgIpc) is 2.25. The maximum Gasteiger partial charge on any atom is 0.0510 e. The molecule has 1 aliphatic rings. The maximum absolute atomic E-state index is 4.26. The summed E-state index contributed by atoms with van der Waals surface area (Å²) >= 11 is 0. The topological polar surface area (TPSA) is 0 Å². The molecule has 0 radical (unpaired) electrons. The molecule has 0 nitrogen and oxygen atoms in total. The molecule has 1 atom stereocenters. The molecule has 0 saturated heterocycles. The van der Waals surface area contributed by atoms with Crippen LogP contribution in [0.3, 0.4) is 0 Å². The summed E-state index contributed by atoms with van der Waals surface area (Å²) in [5.41, 5.74) is 2.14. The van der Waals surface area contributed by atoms with Crippen molar-refractivity contribution in [1.82, 2.24) is 0 Å². The predicted octanol–water partition coefficient (Wildman–Crippen LogP) is 5.41. The molecule has 0 N–H and O–H groups in total. The minimum atomic E-state index is -1.00. The summed E-state index contributed by atoms with van der Waals surface area (Å²) in [7, 11) is -1.00. The van der Waals surface area contributed by atoms with E-state index in [9.17, 15) is 0 Å². The van der Waals surface area contributed by atoms with E-state index in [0.29, 0.717) is 0 Å². The molecule has 0 aromatic rings. The summed E-state index contributed by atoms with van der Waals surface area (Å²) in [6.07, 6.45) is 11.7. The Balaban J connectivity index is 2.46. The van der Waals surface area contributed by atoms with Crippen LogP contribution in [0.25, 0.3) is 0 Å². The molecule has 0 aromatic heterocycles. The van der Waals surface area contributed by atoms with E-state index in [4.69, 9.17) is 0 Å². The van der Waals surface area contributed by atoms with Gasteiger partial charge < -0.3 is 0 Å². The Morgan fingerprint density at radius 1 is 1.19 bits per heavy atom. The van der Waals surface area contributed by atoms with E-state index in [1.807, 2.05) is 0 Å². The van der Waals surface area contributed by atoms with Crippen LogP contribution in [-0.2, 0) is 0 Å². The Morgan fingerprint density at radius 3 is 2.25 bits per heavy atom. The fraction of sp³-hybridized carbons (Fsp3) is 0.733. The molecule has 0 aliphatic heterocycles. The smallest absolute Gasteiger partial charge is 0.0510 e. The summed E-state index contributed by atoms with van der Waals surface area (Å²) in [6, 6.07) is 0. The van der Waals surface area contributed by atoms with Crippen LogP contribution < -0.4 is 0 Å². The predicted molar refractivity (Wildman–Crippen MR) is 77.6 cm³/mol. The van der Waals surface area contributed by atoms with Crippen molar-refractivity contribution < 1.29 is 0 Å². The van der Waals surface area contributed by atoms with Gasteiger partial charge in [-0.3, -0.25) is 0 Å². The van der Waals surface area contributed by atoms with Gasteiger partial charge in [0.2, 0.25) is 0 Å². The van der Waals surface area contributed by atoms with Crippen molar-refractivity contribution >= 4 is 8.07 Å². The van der Waals surface area contributed by atoms with Crippen LogP contribution in [-0.4, -0.2) is 8.07 Å². The van der Waals surface area contributed by atoms with E-state index >= 15 is 0 Å². The summed E-state index contributed by atoms with van der Waals surface area (Å²) in [4.78, 5) is 0. The van der Waals surface area contributed by atoms with Crippen LogP contribution in [0.1, 0.15) is 39.0 Å². The molecule has 0 heterocycles. The van der Waals surface area contributed by atoms with Gasteiger partial charge in [0.15, 0.2) is 0 Å². The number of allylic oxidation sites excluding steroid dienone is 3. The summed E-state index contributed by atoms with van der Waals surface area (Å²) in [5.74, 6) is 0.777. The first-order valence-electron chi connectivity index (χ1n) is 6.78. The van der Waals surface area contributed by atoms with Crippen LogP contribution in [0.5, 0.6) is 0 Å². The van der Waals surface area contributed by atoms with Crippen molar-refractivity contribution in [3.8, 4) is 0 Å².